The smallest absolute Gasteiger partial charge is 0.253 e. The fourth-order valence-electron chi connectivity index (χ4n) is 3.98. The van der Waals surface area contributed by atoms with Gasteiger partial charge in [0.2, 0.25) is 11.9 Å². The minimum atomic E-state index is -0.0577. The maximum absolute atomic E-state index is 11.9. The van der Waals surface area contributed by atoms with Gasteiger partial charge in [-0.2, -0.15) is 0 Å². The van der Waals surface area contributed by atoms with Crippen molar-refractivity contribution < 1.29 is 9.53 Å². The number of carbonyl (C=O) groups excluding carboxylic acids is 1. The highest BCUT2D eigenvalue weighted by atomic mass is 16.5. The van der Waals surface area contributed by atoms with Crippen LogP contribution in [0, 0.1) is 0 Å². The highest BCUT2D eigenvalue weighted by molar-refractivity contribution is 5.94. The Kier molecular flexibility index (Phi) is 4.97. The Hall–Kier alpha value is -2.81. The molecule has 1 saturated heterocycles. The first-order valence-corrected chi connectivity index (χ1v) is 10.3. The van der Waals surface area contributed by atoms with Gasteiger partial charge in [-0.25, -0.2) is 19.9 Å². The van der Waals surface area contributed by atoms with Gasteiger partial charge in [0, 0.05) is 31.0 Å². The molecule has 3 aliphatic rings. The normalized spacial score (nSPS) is 24.6. The third-order valence-electron chi connectivity index (χ3n) is 5.76. The van der Waals surface area contributed by atoms with Crippen LogP contribution in [0.3, 0.4) is 0 Å². The lowest BCUT2D eigenvalue weighted by Crippen LogP contribution is -2.41. The summed E-state index contributed by atoms with van der Waals surface area (Å²) < 4.78 is 5.16. The van der Waals surface area contributed by atoms with Crippen LogP contribution in [0.1, 0.15) is 43.6 Å². The summed E-state index contributed by atoms with van der Waals surface area (Å²) >= 11 is 0. The number of nitrogens with one attached hydrogen (secondary N) is 2. The van der Waals surface area contributed by atoms with E-state index in [-0.39, 0.29) is 12.5 Å². The fraction of sp³-hybridized carbons (Fsp3) is 0.550. The standard InChI is InChI=1S/C20H25N7O2/c28-18-12-29-6-5-27(18)17-10-23-20(24-11-17)26-16-4-3-15(7-16)25-19-21-8-14(9-22-19)13-1-2-13/h8-11,13,15-16H,1-7,12H2,(H,21,22,25)(H,23,24,26)/t15-,16-/m0/s1. The topological polar surface area (TPSA) is 105 Å². The summed E-state index contributed by atoms with van der Waals surface area (Å²) in [6, 6.07) is 0.638. The molecule has 2 saturated carbocycles. The molecule has 1 aliphatic heterocycles. The number of hydrogen-bond donors (Lipinski definition) is 2. The molecule has 29 heavy (non-hydrogen) atoms. The Morgan fingerprint density at radius 3 is 2.10 bits per heavy atom. The Labute approximate surface area is 169 Å². The average molecular weight is 395 g/mol. The van der Waals surface area contributed by atoms with E-state index in [9.17, 15) is 4.79 Å². The summed E-state index contributed by atoms with van der Waals surface area (Å²) in [6.45, 7) is 1.19. The van der Waals surface area contributed by atoms with Crippen LogP contribution in [0.15, 0.2) is 24.8 Å². The van der Waals surface area contributed by atoms with Crippen molar-refractivity contribution >= 4 is 23.5 Å². The number of nitrogens with zero attached hydrogens (tertiary/aromatic N) is 5. The van der Waals surface area contributed by atoms with Crippen molar-refractivity contribution in [1.29, 1.82) is 0 Å². The van der Waals surface area contributed by atoms with Crippen LogP contribution in [-0.4, -0.2) is 57.7 Å². The molecule has 5 rings (SSSR count). The van der Waals surface area contributed by atoms with Crippen molar-refractivity contribution in [2.75, 3.05) is 35.3 Å². The lowest BCUT2D eigenvalue weighted by Gasteiger charge is -2.26. The van der Waals surface area contributed by atoms with Crippen LogP contribution >= 0.6 is 0 Å². The van der Waals surface area contributed by atoms with Gasteiger partial charge in [-0.1, -0.05) is 0 Å². The molecule has 0 unspecified atom stereocenters. The molecule has 1 amide bonds. The zero-order chi connectivity index (χ0) is 19.6. The van der Waals surface area contributed by atoms with Gasteiger partial charge in [0.1, 0.15) is 6.61 Å². The predicted molar refractivity (Wildman–Crippen MR) is 108 cm³/mol. The molecule has 3 heterocycles. The fourth-order valence-corrected chi connectivity index (χ4v) is 3.98. The lowest BCUT2D eigenvalue weighted by atomic mass is 10.2. The average Bonchev–Trinajstić information content (AvgIpc) is 3.51. The summed E-state index contributed by atoms with van der Waals surface area (Å²) in [4.78, 5) is 31.3. The van der Waals surface area contributed by atoms with Gasteiger partial charge in [0.25, 0.3) is 5.91 Å². The Balaban J connectivity index is 1.13. The highest BCUT2D eigenvalue weighted by Crippen LogP contribution is 2.39. The van der Waals surface area contributed by atoms with E-state index in [2.05, 4.69) is 30.6 Å². The van der Waals surface area contributed by atoms with Crippen LogP contribution in [0.5, 0.6) is 0 Å². The monoisotopic (exact) mass is 395 g/mol. The van der Waals surface area contributed by atoms with Crippen LogP contribution in [0.2, 0.25) is 0 Å². The maximum Gasteiger partial charge on any atom is 0.253 e. The van der Waals surface area contributed by atoms with Gasteiger partial charge in [-0.15, -0.1) is 0 Å². The predicted octanol–water partition coefficient (Wildman–Crippen LogP) is 1.95. The second-order valence-electron chi connectivity index (χ2n) is 7.97. The molecule has 2 aliphatic carbocycles. The van der Waals surface area contributed by atoms with Gasteiger partial charge < -0.3 is 20.3 Å². The van der Waals surface area contributed by atoms with E-state index >= 15 is 0 Å². The summed E-state index contributed by atoms with van der Waals surface area (Å²) in [6.07, 6.45) is 12.9. The largest absolute Gasteiger partial charge is 0.370 e. The van der Waals surface area contributed by atoms with E-state index in [4.69, 9.17) is 4.74 Å². The molecule has 152 valence electrons. The first-order valence-electron chi connectivity index (χ1n) is 10.3. The summed E-state index contributed by atoms with van der Waals surface area (Å²) in [5.41, 5.74) is 1.96. The molecule has 0 spiro atoms. The molecule has 9 nitrogen and oxygen atoms in total. The van der Waals surface area contributed by atoms with Crippen molar-refractivity contribution in [2.24, 2.45) is 0 Å². The van der Waals surface area contributed by atoms with Gasteiger partial charge in [-0.05, 0) is 43.6 Å². The van der Waals surface area contributed by atoms with Crippen molar-refractivity contribution in [1.82, 2.24) is 19.9 Å². The third kappa shape index (κ3) is 4.29. The molecule has 0 radical (unpaired) electrons. The first-order chi connectivity index (χ1) is 14.2. The minimum absolute atomic E-state index is 0.0577. The summed E-state index contributed by atoms with van der Waals surface area (Å²) in [5.74, 6) is 1.91. The van der Waals surface area contributed by atoms with Crippen molar-refractivity contribution in [3.8, 4) is 0 Å². The maximum atomic E-state index is 11.9. The number of amides is 1. The van der Waals surface area contributed by atoms with Crippen molar-refractivity contribution in [2.45, 2.75) is 50.1 Å². The molecule has 2 atom stereocenters. The molecule has 2 aromatic heterocycles. The quantitative estimate of drug-likeness (QED) is 0.765. The van der Waals surface area contributed by atoms with E-state index in [0.29, 0.717) is 48.7 Å². The second-order valence-corrected chi connectivity index (χ2v) is 7.97. The van der Waals surface area contributed by atoms with Crippen LogP contribution < -0.4 is 15.5 Å². The van der Waals surface area contributed by atoms with Gasteiger partial charge >= 0.3 is 0 Å². The third-order valence-corrected chi connectivity index (χ3v) is 5.76. The van der Waals surface area contributed by atoms with E-state index in [1.54, 1.807) is 17.3 Å². The lowest BCUT2D eigenvalue weighted by molar-refractivity contribution is -0.125. The van der Waals surface area contributed by atoms with Crippen LogP contribution in [0.25, 0.3) is 0 Å². The molecule has 3 fully saturated rings. The van der Waals surface area contributed by atoms with Crippen LogP contribution in [0.4, 0.5) is 17.6 Å². The Morgan fingerprint density at radius 1 is 0.897 bits per heavy atom. The Morgan fingerprint density at radius 2 is 1.52 bits per heavy atom. The number of aromatic nitrogens is 4. The number of anilines is 3. The Bertz CT molecular complexity index is 854. The minimum Gasteiger partial charge on any atom is -0.370 e. The number of morpholine rings is 1. The van der Waals surface area contributed by atoms with E-state index in [0.717, 1.165) is 19.3 Å². The van der Waals surface area contributed by atoms with Crippen molar-refractivity contribution in [3.05, 3.63) is 30.4 Å². The number of carbonyl (C=O) groups is 1. The zero-order valence-corrected chi connectivity index (χ0v) is 16.3. The van der Waals surface area contributed by atoms with Crippen molar-refractivity contribution in [3.63, 3.8) is 0 Å². The van der Waals surface area contributed by atoms with E-state index in [1.807, 2.05) is 12.4 Å². The van der Waals surface area contributed by atoms with Gasteiger partial charge in [-0.3, -0.25) is 4.79 Å². The molecule has 0 aromatic carbocycles. The highest BCUT2D eigenvalue weighted by Gasteiger charge is 2.27. The molecule has 9 heteroatoms. The molecule has 2 N–H and O–H groups in total. The zero-order valence-electron chi connectivity index (χ0n) is 16.3. The second kappa shape index (κ2) is 7.90. The molecular weight excluding hydrogens is 370 g/mol. The molecule has 0 bridgehead atoms. The number of ether oxygens (including phenoxy) is 1. The number of rotatable bonds is 6. The van der Waals surface area contributed by atoms with Crippen LogP contribution in [-0.2, 0) is 9.53 Å². The van der Waals surface area contributed by atoms with E-state index < -0.39 is 0 Å². The molecular formula is C20H25N7O2. The summed E-state index contributed by atoms with van der Waals surface area (Å²) in [5, 5.41) is 6.84. The first kappa shape index (κ1) is 18.2. The summed E-state index contributed by atoms with van der Waals surface area (Å²) in [7, 11) is 0. The van der Waals surface area contributed by atoms with Gasteiger partial charge in [0.05, 0.1) is 24.7 Å². The number of hydrogen-bond acceptors (Lipinski definition) is 8. The van der Waals surface area contributed by atoms with E-state index in [1.165, 1.54) is 18.4 Å². The molecule has 2 aromatic rings. The van der Waals surface area contributed by atoms with Gasteiger partial charge in [0.15, 0.2) is 0 Å². The SMILES string of the molecule is O=C1COCCN1c1cnc(N[C@H]2CC[C@H](Nc3ncc(C4CC4)cn3)C2)nc1.